The van der Waals surface area contributed by atoms with Crippen molar-refractivity contribution in [2.45, 2.75) is 56.9 Å². The molecule has 0 amide bonds. The molecule has 0 atom stereocenters. The Morgan fingerprint density at radius 1 is 1.00 bits per heavy atom. The predicted octanol–water partition coefficient (Wildman–Crippen LogP) is 2.06. The van der Waals surface area contributed by atoms with Crippen LogP contribution in [0.3, 0.4) is 0 Å². The zero-order chi connectivity index (χ0) is 9.38. The van der Waals surface area contributed by atoms with Crippen LogP contribution in [0.25, 0.3) is 0 Å². The maximum absolute atomic E-state index is 4.20. The van der Waals surface area contributed by atoms with E-state index in [1.165, 1.54) is 44.9 Å². The van der Waals surface area contributed by atoms with E-state index in [0.717, 1.165) is 5.82 Å². The second-order valence-electron chi connectivity index (χ2n) is 4.55. The largest absolute Gasteiger partial charge is 0.226 e. The molecule has 2 aliphatic rings. The molecule has 2 fully saturated rings. The molecule has 4 nitrogen and oxygen atoms in total. The van der Waals surface area contributed by atoms with E-state index in [-0.39, 0.29) is 0 Å². The van der Waals surface area contributed by atoms with E-state index < -0.39 is 0 Å². The summed E-state index contributed by atoms with van der Waals surface area (Å²) in [6.45, 7) is 0. The summed E-state index contributed by atoms with van der Waals surface area (Å²) in [4.78, 5) is 0. The fourth-order valence-electron chi connectivity index (χ4n) is 2.41. The summed E-state index contributed by atoms with van der Waals surface area (Å²) < 4.78 is 2.08. The Morgan fingerprint density at radius 2 is 1.79 bits per heavy atom. The summed E-state index contributed by atoms with van der Waals surface area (Å²) in [6.07, 6.45) is 9.20. The van der Waals surface area contributed by atoms with Crippen LogP contribution in [0.1, 0.15) is 62.7 Å². The van der Waals surface area contributed by atoms with Gasteiger partial charge in [0.15, 0.2) is 5.82 Å². The number of tetrazole rings is 1. The molecule has 1 aromatic rings. The first-order chi connectivity index (χ1) is 6.95. The molecule has 14 heavy (non-hydrogen) atoms. The minimum Gasteiger partial charge on any atom is -0.226 e. The van der Waals surface area contributed by atoms with Crippen molar-refractivity contribution in [2.75, 3.05) is 0 Å². The van der Waals surface area contributed by atoms with Crippen molar-refractivity contribution in [3.63, 3.8) is 0 Å². The second-order valence-corrected chi connectivity index (χ2v) is 4.55. The third-order valence-corrected chi connectivity index (χ3v) is 3.38. The van der Waals surface area contributed by atoms with Gasteiger partial charge in [-0.3, -0.25) is 0 Å². The standard InChI is InChI=1S/C10H16N4/c1-2-4-8(5-3-1)10-11-12-13-14(10)9-6-7-9/h8-9H,1-7H2. The molecule has 1 heterocycles. The van der Waals surface area contributed by atoms with Gasteiger partial charge >= 0.3 is 0 Å². The van der Waals surface area contributed by atoms with Crippen molar-refractivity contribution in [3.8, 4) is 0 Å². The summed E-state index contributed by atoms with van der Waals surface area (Å²) >= 11 is 0. The monoisotopic (exact) mass is 192 g/mol. The Hall–Kier alpha value is -0.930. The Balaban J connectivity index is 1.82. The Labute approximate surface area is 83.7 Å². The number of hydrogen-bond donors (Lipinski definition) is 0. The van der Waals surface area contributed by atoms with E-state index in [0.29, 0.717) is 12.0 Å². The van der Waals surface area contributed by atoms with Gasteiger partial charge < -0.3 is 0 Å². The average molecular weight is 192 g/mol. The third kappa shape index (κ3) is 1.42. The van der Waals surface area contributed by atoms with Crippen LogP contribution in [0.4, 0.5) is 0 Å². The lowest BCUT2D eigenvalue weighted by Crippen LogP contribution is -2.12. The van der Waals surface area contributed by atoms with Gasteiger partial charge in [-0.05, 0) is 36.1 Å². The highest BCUT2D eigenvalue weighted by molar-refractivity contribution is 4.99. The molecule has 0 N–H and O–H groups in total. The molecule has 0 aliphatic heterocycles. The van der Waals surface area contributed by atoms with Crippen LogP contribution in [-0.4, -0.2) is 20.2 Å². The van der Waals surface area contributed by atoms with Crippen molar-refractivity contribution >= 4 is 0 Å². The highest BCUT2D eigenvalue weighted by Gasteiger charge is 2.30. The highest BCUT2D eigenvalue weighted by atomic mass is 15.6. The summed E-state index contributed by atoms with van der Waals surface area (Å²) in [7, 11) is 0. The fraction of sp³-hybridized carbons (Fsp3) is 0.900. The van der Waals surface area contributed by atoms with Crippen molar-refractivity contribution in [1.29, 1.82) is 0 Å². The normalized spacial score (nSPS) is 24.0. The highest BCUT2D eigenvalue weighted by Crippen LogP contribution is 2.38. The average Bonchev–Trinajstić information content (AvgIpc) is 2.98. The lowest BCUT2D eigenvalue weighted by molar-refractivity contribution is 0.408. The summed E-state index contributed by atoms with van der Waals surface area (Å²) in [5, 5.41) is 12.1. The third-order valence-electron chi connectivity index (χ3n) is 3.38. The van der Waals surface area contributed by atoms with Gasteiger partial charge in [0.25, 0.3) is 0 Å². The SMILES string of the molecule is C1CCC(c2nnnn2C2CC2)CC1. The van der Waals surface area contributed by atoms with Gasteiger partial charge in [-0.2, -0.15) is 0 Å². The van der Waals surface area contributed by atoms with Gasteiger partial charge in [-0.25, -0.2) is 4.68 Å². The maximum Gasteiger partial charge on any atom is 0.154 e. The van der Waals surface area contributed by atoms with Crippen molar-refractivity contribution in [3.05, 3.63) is 5.82 Å². The lowest BCUT2D eigenvalue weighted by Gasteiger charge is -2.20. The molecule has 76 valence electrons. The number of aromatic nitrogens is 4. The molecule has 0 saturated heterocycles. The van der Waals surface area contributed by atoms with Crippen LogP contribution in [0.15, 0.2) is 0 Å². The van der Waals surface area contributed by atoms with E-state index in [9.17, 15) is 0 Å². The minimum atomic E-state index is 0.627. The molecule has 0 radical (unpaired) electrons. The van der Waals surface area contributed by atoms with Gasteiger partial charge in [0.2, 0.25) is 0 Å². The summed E-state index contributed by atoms with van der Waals surface area (Å²) in [5.41, 5.74) is 0. The zero-order valence-corrected chi connectivity index (χ0v) is 8.39. The molecule has 0 aromatic carbocycles. The molecule has 2 saturated carbocycles. The molecule has 0 spiro atoms. The van der Waals surface area contributed by atoms with Crippen LogP contribution in [0.2, 0.25) is 0 Å². The van der Waals surface area contributed by atoms with Gasteiger partial charge in [0.05, 0.1) is 6.04 Å². The zero-order valence-electron chi connectivity index (χ0n) is 8.39. The van der Waals surface area contributed by atoms with Gasteiger partial charge in [0, 0.05) is 5.92 Å². The van der Waals surface area contributed by atoms with Crippen LogP contribution in [-0.2, 0) is 0 Å². The van der Waals surface area contributed by atoms with Crippen molar-refractivity contribution in [2.24, 2.45) is 0 Å². The van der Waals surface area contributed by atoms with Crippen molar-refractivity contribution < 1.29 is 0 Å². The van der Waals surface area contributed by atoms with Gasteiger partial charge in [-0.1, -0.05) is 19.3 Å². The number of nitrogens with zero attached hydrogens (tertiary/aromatic N) is 4. The van der Waals surface area contributed by atoms with Gasteiger partial charge in [-0.15, -0.1) is 5.10 Å². The van der Waals surface area contributed by atoms with Crippen LogP contribution in [0.5, 0.6) is 0 Å². The van der Waals surface area contributed by atoms with E-state index in [4.69, 9.17) is 0 Å². The summed E-state index contributed by atoms with van der Waals surface area (Å²) in [6, 6.07) is 0.627. The maximum atomic E-state index is 4.20. The van der Waals surface area contributed by atoms with Crippen LogP contribution in [0, 0.1) is 0 Å². The van der Waals surface area contributed by atoms with E-state index in [2.05, 4.69) is 20.2 Å². The quantitative estimate of drug-likeness (QED) is 0.720. The van der Waals surface area contributed by atoms with Crippen LogP contribution < -0.4 is 0 Å². The Morgan fingerprint density at radius 3 is 2.50 bits per heavy atom. The molecule has 3 rings (SSSR count). The summed E-state index contributed by atoms with van der Waals surface area (Å²) in [5.74, 6) is 1.80. The fourth-order valence-corrected chi connectivity index (χ4v) is 2.41. The Bertz CT molecular complexity index is 310. The molecule has 2 aliphatic carbocycles. The molecular weight excluding hydrogens is 176 g/mol. The number of hydrogen-bond acceptors (Lipinski definition) is 3. The number of rotatable bonds is 2. The Kier molecular flexibility index (Phi) is 2.00. The lowest BCUT2D eigenvalue weighted by atomic mass is 9.89. The minimum absolute atomic E-state index is 0.627. The first-order valence-electron chi connectivity index (χ1n) is 5.73. The molecule has 1 aromatic heterocycles. The molecule has 0 unspecified atom stereocenters. The molecule has 4 heteroatoms. The second kappa shape index (κ2) is 3.33. The molecule has 0 bridgehead atoms. The van der Waals surface area contributed by atoms with Crippen LogP contribution >= 0.6 is 0 Å². The smallest absolute Gasteiger partial charge is 0.154 e. The first kappa shape index (κ1) is 8.38. The predicted molar refractivity (Wildman–Crippen MR) is 51.9 cm³/mol. The van der Waals surface area contributed by atoms with Crippen molar-refractivity contribution in [1.82, 2.24) is 20.2 Å². The van der Waals surface area contributed by atoms with Gasteiger partial charge in [0.1, 0.15) is 0 Å². The first-order valence-corrected chi connectivity index (χ1v) is 5.73. The van der Waals surface area contributed by atoms with E-state index >= 15 is 0 Å². The molecular formula is C10H16N4. The topological polar surface area (TPSA) is 43.6 Å². The van der Waals surface area contributed by atoms with E-state index in [1.54, 1.807) is 0 Å². The van der Waals surface area contributed by atoms with E-state index in [1.807, 2.05) is 0 Å².